The largest absolute Gasteiger partial charge is 0.375 e. The molecule has 4 heteroatoms. The highest BCUT2D eigenvalue weighted by molar-refractivity contribution is 5.34. The van der Waals surface area contributed by atoms with Crippen LogP contribution < -0.4 is 5.32 Å². The normalized spacial score (nSPS) is 17.4. The molecule has 18 heavy (non-hydrogen) atoms. The maximum atomic E-state index is 5.60. The Morgan fingerprint density at radius 1 is 1.33 bits per heavy atom. The lowest BCUT2D eigenvalue weighted by Gasteiger charge is -2.41. The summed E-state index contributed by atoms with van der Waals surface area (Å²) < 4.78 is 7.46. The summed E-state index contributed by atoms with van der Waals surface area (Å²) in [5.74, 6) is 0. The van der Waals surface area contributed by atoms with Crippen LogP contribution in [0.25, 0.3) is 5.69 Å². The van der Waals surface area contributed by atoms with Crippen molar-refractivity contribution in [2.75, 3.05) is 20.2 Å². The Balaban J connectivity index is 1.75. The van der Waals surface area contributed by atoms with Crippen LogP contribution in [0.1, 0.15) is 5.56 Å². The van der Waals surface area contributed by atoms with Gasteiger partial charge in [-0.05, 0) is 23.8 Å². The first kappa shape index (κ1) is 11.4. The molecule has 1 aromatic heterocycles. The van der Waals surface area contributed by atoms with Crippen molar-refractivity contribution in [3.8, 4) is 5.69 Å². The molecule has 0 aliphatic carbocycles. The van der Waals surface area contributed by atoms with Gasteiger partial charge in [-0.1, -0.05) is 12.1 Å². The van der Waals surface area contributed by atoms with Gasteiger partial charge in [-0.3, -0.25) is 0 Å². The molecule has 0 atom stereocenters. The molecular formula is C14H17N3O. The number of hydrogen-bond donors (Lipinski definition) is 1. The zero-order chi connectivity index (χ0) is 12.4. The van der Waals surface area contributed by atoms with Crippen LogP contribution in [0.5, 0.6) is 0 Å². The molecular weight excluding hydrogens is 226 g/mol. The fourth-order valence-electron chi connectivity index (χ4n) is 2.31. The number of benzene rings is 1. The van der Waals surface area contributed by atoms with Gasteiger partial charge in [0.1, 0.15) is 0 Å². The number of nitrogens with zero attached hydrogens (tertiary/aromatic N) is 2. The maximum Gasteiger partial charge on any atom is 0.0966 e. The first-order valence-corrected chi connectivity index (χ1v) is 6.16. The predicted molar refractivity (Wildman–Crippen MR) is 69.9 cm³/mol. The Morgan fingerprint density at radius 2 is 2.11 bits per heavy atom. The first-order valence-electron chi connectivity index (χ1n) is 6.16. The summed E-state index contributed by atoms with van der Waals surface area (Å²) in [6.45, 7) is 1.87. The van der Waals surface area contributed by atoms with Gasteiger partial charge in [-0.25, -0.2) is 4.68 Å². The second-order valence-electron chi connectivity index (χ2n) is 4.78. The van der Waals surface area contributed by atoms with Crippen LogP contribution in [0, 0.1) is 0 Å². The Morgan fingerprint density at radius 3 is 2.61 bits per heavy atom. The van der Waals surface area contributed by atoms with E-state index in [1.54, 1.807) is 13.3 Å². The summed E-state index contributed by atoms with van der Waals surface area (Å²) in [7, 11) is 1.79. The molecule has 1 aliphatic rings. The summed E-state index contributed by atoms with van der Waals surface area (Å²) in [5, 5.41) is 7.48. The van der Waals surface area contributed by atoms with Crippen LogP contribution in [-0.2, 0) is 11.2 Å². The maximum absolute atomic E-state index is 5.60. The molecule has 2 aromatic rings. The van der Waals surface area contributed by atoms with Crippen molar-refractivity contribution < 1.29 is 4.74 Å². The molecule has 0 bridgehead atoms. The van der Waals surface area contributed by atoms with Crippen molar-refractivity contribution in [1.29, 1.82) is 0 Å². The van der Waals surface area contributed by atoms with E-state index in [9.17, 15) is 0 Å². The standard InChI is InChI=1S/C14H17N3O/c1-18-14(10-15-11-14)9-12-3-5-13(6-4-12)17-8-2-7-16-17/h2-8,15H,9-11H2,1H3. The van der Waals surface area contributed by atoms with Crippen molar-refractivity contribution in [3.05, 3.63) is 48.3 Å². The fourth-order valence-corrected chi connectivity index (χ4v) is 2.31. The van der Waals surface area contributed by atoms with Crippen LogP contribution in [-0.4, -0.2) is 35.6 Å². The second-order valence-corrected chi connectivity index (χ2v) is 4.78. The lowest BCUT2D eigenvalue weighted by atomic mass is 9.89. The van der Waals surface area contributed by atoms with E-state index in [0.29, 0.717) is 0 Å². The van der Waals surface area contributed by atoms with E-state index in [1.807, 2.05) is 16.9 Å². The Hall–Kier alpha value is -1.65. The van der Waals surface area contributed by atoms with E-state index in [1.165, 1.54) is 5.56 Å². The van der Waals surface area contributed by atoms with Gasteiger partial charge in [0.05, 0.1) is 11.3 Å². The fraction of sp³-hybridized carbons (Fsp3) is 0.357. The number of methoxy groups -OCH3 is 1. The summed E-state index contributed by atoms with van der Waals surface area (Å²) in [6.07, 6.45) is 4.69. The third-order valence-corrected chi connectivity index (χ3v) is 3.56. The second kappa shape index (κ2) is 4.55. The van der Waals surface area contributed by atoms with Crippen molar-refractivity contribution in [1.82, 2.24) is 15.1 Å². The molecule has 94 valence electrons. The van der Waals surface area contributed by atoms with Gasteiger partial charge in [-0.15, -0.1) is 0 Å². The molecule has 3 rings (SSSR count). The summed E-state index contributed by atoms with van der Waals surface area (Å²) >= 11 is 0. The monoisotopic (exact) mass is 243 g/mol. The number of rotatable bonds is 4. The Kier molecular flexibility index (Phi) is 2.89. The molecule has 1 aliphatic heterocycles. The molecule has 0 saturated carbocycles. The van der Waals surface area contributed by atoms with Gasteiger partial charge in [-0.2, -0.15) is 5.10 Å². The molecule has 1 fully saturated rings. The highest BCUT2D eigenvalue weighted by Gasteiger charge is 2.36. The summed E-state index contributed by atoms with van der Waals surface area (Å²) in [5.41, 5.74) is 2.38. The minimum Gasteiger partial charge on any atom is -0.375 e. The minimum atomic E-state index is -0.00673. The Bertz CT molecular complexity index is 495. The molecule has 2 heterocycles. The van der Waals surface area contributed by atoms with E-state index in [4.69, 9.17) is 4.74 Å². The quantitative estimate of drug-likeness (QED) is 0.882. The topological polar surface area (TPSA) is 39.1 Å². The third kappa shape index (κ3) is 2.05. The van der Waals surface area contributed by atoms with Gasteiger partial charge in [0, 0.05) is 39.0 Å². The minimum absolute atomic E-state index is 0.00673. The van der Waals surface area contributed by atoms with Gasteiger partial charge in [0.25, 0.3) is 0 Å². The van der Waals surface area contributed by atoms with Crippen LogP contribution in [0.3, 0.4) is 0 Å². The number of ether oxygens (including phenoxy) is 1. The molecule has 1 aromatic carbocycles. The van der Waals surface area contributed by atoms with E-state index < -0.39 is 0 Å². The highest BCUT2D eigenvalue weighted by atomic mass is 16.5. The van der Waals surface area contributed by atoms with E-state index in [0.717, 1.165) is 25.2 Å². The third-order valence-electron chi connectivity index (χ3n) is 3.56. The average Bonchev–Trinajstić information content (AvgIpc) is 2.88. The van der Waals surface area contributed by atoms with Crippen LogP contribution in [0.15, 0.2) is 42.7 Å². The zero-order valence-corrected chi connectivity index (χ0v) is 10.5. The van der Waals surface area contributed by atoms with Gasteiger partial charge in [0.2, 0.25) is 0 Å². The smallest absolute Gasteiger partial charge is 0.0966 e. The van der Waals surface area contributed by atoms with Gasteiger partial charge >= 0.3 is 0 Å². The van der Waals surface area contributed by atoms with Crippen molar-refractivity contribution in [2.45, 2.75) is 12.0 Å². The van der Waals surface area contributed by atoms with Crippen molar-refractivity contribution in [2.24, 2.45) is 0 Å². The van der Waals surface area contributed by atoms with E-state index >= 15 is 0 Å². The van der Waals surface area contributed by atoms with Gasteiger partial charge < -0.3 is 10.1 Å². The summed E-state index contributed by atoms with van der Waals surface area (Å²) in [4.78, 5) is 0. The first-order chi connectivity index (χ1) is 8.81. The van der Waals surface area contributed by atoms with Crippen LogP contribution in [0.4, 0.5) is 0 Å². The molecule has 1 saturated heterocycles. The number of hydrogen-bond acceptors (Lipinski definition) is 3. The lowest BCUT2D eigenvalue weighted by molar-refractivity contribution is -0.0502. The zero-order valence-electron chi connectivity index (χ0n) is 10.5. The van der Waals surface area contributed by atoms with Crippen molar-refractivity contribution >= 4 is 0 Å². The van der Waals surface area contributed by atoms with E-state index in [-0.39, 0.29) is 5.60 Å². The van der Waals surface area contributed by atoms with Crippen LogP contribution in [0.2, 0.25) is 0 Å². The predicted octanol–water partition coefficient (Wildman–Crippen LogP) is 1.40. The van der Waals surface area contributed by atoms with Crippen LogP contribution >= 0.6 is 0 Å². The molecule has 0 amide bonds. The number of nitrogens with one attached hydrogen (secondary N) is 1. The highest BCUT2D eigenvalue weighted by Crippen LogP contribution is 2.22. The van der Waals surface area contributed by atoms with Gasteiger partial charge in [0.15, 0.2) is 0 Å². The summed E-state index contributed by atoms with van der Waals surface area (Å²) in [6, 6.07) is 10.4. The Labute approximate surface area is 107 Å². The van der Waals surface area contributed by atoms with E-state index in [2.05, 4.69) is 34.7 Å². The average molecular weight is 243 g/mol. The molecule has 0 spiro atoms. The van der Waals surface area contributed by atoms with Crippen molar-refractivity contribution in [3.63, 3.8) is 0 Å². The molecule has 4 nitrogen and oxygen atoms in total. The lowest BCUT2D eigenvalue weighted by Crippen LogP contribution is -2.61. The SMILES string of the molecule is COC1(Cc2ccc(-n3cccn3)cc2)CNC1. The molecule has 1 N–H and O–H groups in total. The molecule has 0 radical (unpaired) electrons. The molecule has 0 unspecified atom stereocenters. The number of aromatic nitrogens is 2.